The Bertz CT molecular complexity index is 542. The van der Waals surface area contributed by atoms with E-state index in [0.29, 0.717) is 5.13 Å². The minimum atomic E-state index is -0.396. The molecule has 7 heteroatoms. The number of amides is 1. The molecule has 0 bridgehead atoms. The van der Waals surface area contributed by atoms with Crippen molar-refractivity contribution in [1.82, 2.24) is 10.2 Å². The maximum absolute atomic E-state index is 11.8. The van der Waals surface area contributed by atoms with Crippen LogP contribution in [0.15, 0.2) is 28.6 Å². The third-order valence-corrected chi connectivity index (χ3v) is 3.76. The maximum Gasteiger partial charge on any atom is 0.261 e. The fourth-order valence-corrected chi connectivity index (χ4v) is 2.34. The molecule has 0 aliphatic heterocycles. The number of para-hydroxylation sites is 1. The number of hydrogen-bond acceptors (Lipinski definition) is 6. The number of aromatic hydroxyl groups is 1. The zero-order chi connectivity index (χ0) is 12.3. The van der Waals surface area contributed by atoms with Crippen molar-refractivity contribution in [1.29, 1.82) is 0 Å². The van der Waals surface area contributed by atoms with Crippen LogP contribution in [0, 0.1) is 0 Å². The molecule has 5 nitrogen and oxygen atoms in total. The Labute approximate surface area is 106 Å². The van der Waals surface area contributed by atoms with E-state index < -0.39 is 5.91 Å². The van der Waals surface area contributed by atoms with Gasteiger partial charge < -0.3 is 5.11 Å². The molecule has 2 N–H and O–H groups in total. The predicted molar refractivity (Wildman–Crippen MR) is 67.8 cm³/mol. The van der Waals surface area contributed by atoms with Gasteiger partial charge in [-0.2, -0.15) is 0 Å². The van der Waals surface area contributed by atoms with Crippen LogP contribution in [0.2, 0.25) is 0 Å². The second-order valence-corrected chi connectivity index (χ2v) is 5.08. The van der Waals surface area contributed by atoms with Crippen molar-refractivity contribution in [2.45, 2.75) is 4.34 Å². The van der Waals surface area contributed by atoms with Gasteiger partial charge in [0.15, 0.2) is 4.34 Å². The summed E-state index contributed by atoms with van der Waals surface area (Å²) < 4.78 is 0.776. The van der Waals surface area contributed by atoms with Gasteiger partial charge in [-0.15, -0.1) is 10.2 Å². The van der Waals surface area contributed by atoms with Crippen LogP contribution < -0.4 is 5.32 Å². The molecule has 1 heterocycles. The van der Waals surface area contributed by atoms with Gasteiger partial charge >= 0.3 is 0 Å². The number of hydrogen-bond donors (Lipinski definition) is 2. The fraction of sp³-hybridized carbons (Fsp3) is 0.100. The minimum absolute atomic E-state index is 0.0559. The third-order valence-electron chi connectivity index (χ3n) is 1.95. The number of phenols is 1. The van der Waals surface area contributed by atoms with Gasteiger partial charge in [-0.25, -0.2) is 0 Å². The molecule has 0 aliphatic carbocycles. The van der Waals surface area contributed by atoms with E-state index in [1.165, 1.54) is 29.2 Å². The molecule has 88 valence electrons. The molecular weight excluding hydrogens is 258 g/mol. The molecule has 0 saturated carbocycles. The largest absolute Gasteiger partial charge is 0.507 e. The van der Waals surface area contributed by atoms with Crippen LogP contribution in [0.3, 0.4) is 0 Å². The van der Waals surface area contributed by atoms with Crippen LogP contribution in [0.1, 0.15) is 10.4 Å². The summed E-state index contributed by atoms with van der Waals surface area (Å²) in [6.07, 6.45) is 1.88. The van der Waals surface area contributed by atoms with E-state index in [2.05, 4.69) is 15.5 Å². The number of benzene rings is 1. The van der Waals surface area contributed by atoms with Gasteiger partial charge in [-0.05, 0) is 18.4 Å². The zero-order valence-electron chi connectivity index (χ0n) is 8.88. The number of nitrogens with one attached hydrogen (secondary N) is 1. The molecule has 0 atom stereocenters. The smallest absolute Gasteiger partial charge is 0.261 e. The summed E-state index contributed by atoms with van der Waals surface area (Å²) in [6, 6.07) is 6.34. The molecule has 2 aromatic rings. The predicted octanol–water partition coefficient (Wildman–Crippen LogP) is 2.22. The third kappa shape index (κ3) is 2.75. The van der Waals surface area contributed by atoms with Crippen molar-refractivity contribution in [3.8, 4) is 5.75 Å². The maximum atomic E-state index is 11.8. The Kier molecular flexibility index (Phi) is 3.60. The molecule has 0 saturated heterocycles. The number of rotatable bonds is 3. The monoisotopic (exact) mass is 267 g/mol. The lowest BCUT2D eigenvalue weighted by Crippen LogP contribution is -2.11. The lowest BCUT2D eigenvalue weighted by molar-refractivity contribution is 0.102. The van der Waals surface area contributed by atoms with E-state index in [4.69, 9.17) is 0 Å². The van der Waals surface area contributed by atoms with Gasteiger partial charge in [0.1, 0.15) is 5.75 Å². The zero-order valence-corrected chi connectivity index (χ0v) is 10.5. The Balaban J connectivity index is 2.14. The van der Waals surface area contributed by atoms with Crippen molar-refractivity contribution in [2.75, 3.05) is 11.6 Å². The van der Waals surface area contributed by atoms with Crippen LogP contribution in [0.4, 0.5) is 5.13 Å². The molecule has 0 aliphatic rings. The molecule has 2 rings (SSSR count). The fourth-order valence-electron chi connectivity index (χ4n) is 1.17. The Morgan fingerprint density at radius 2 is 2.18 bits per heavy atom. The summed E-state index contributed by atoms with van der Waals surface area (Å²) >= 11 is 2.75. The lowest BCUT2D eigenvalue weighted by Gasteiger charge is -2.02. The van der Waals surface area contributed by atoms with Gasteiger partial charge in [0.05, 0.1) is 5.56 Å². The first kappa shape index (κ1) is 11.9. The minimum Gasteiger partial charge on any atom is -0.507 e. The highest BCUT2D eigenvalue weighted by atomic mass is 32.2. The topological polar surface area (TPSA) is 75.1 Å². The Morgan fingerprint density at radius 1 is 1.41 bits per heavy atom. The molecule has 17 heavy (non-hydrogen) atoms. The summed E-state index contributed by atoms with van der Waals surface area (Å²) in [5.41, 5.74) is 0.216. The van der Waals surface area contributed by atoms with Crippen LogP contribution in [-0.4, -0.2) is 27.5 Å². The SMILES string of the molecule is CSc1nnc(NC(=O)c2ccccc2O)s1. The Morgan fingerprint density at radius 3 is 2.82 bits per heavy atom. The molecule has 0 radical (unpaired) electrons. The van der Waals surface area contributed by atoms with Crippen molar-refractivity contribution in [3.05, 3.63) is 29.8 Å². The average molecular weight is 267 g/mol. The van der Waals surface area contributed by atoms with E-state index in [1.807, 2.05) is 6.26 Å². The second-order valence-electron chi connectivity index (χ2n) is 3.05. The van der Waals surface area contributed by atoms with Crippen LogP contribution in [0.5, 0.6) is 5.75 Å². The van der Waals surface area contributed by atoms with E-state index in [0.717, 1.165) is 4.34 Å². The van der Waals surface area contributed by atoms with Crippen molar-refractivity contribution >= 4 is 34.1 Å². The van der Waals surface area contributed by atoms with Crippen LogP contribution in [0.25, 0.3) is 0 Å². The molecule has 0 unspecified atom stereocenters. The highest BCUT2D eigenvalue weighted by molar-refractivity contribution is 8.00. The highest BCUT2D eigenvalue weighted by Crippen LogP contribution is 2.24. The highest BCUT2D eigenvalue weighted by Gasteiger charge is 2.12. The Hall–Kier alpha value is -1.60. The molecule has 0 spiro atoms. The van der Waals surface area contributed by atoms with Crippen LogP contribution in [-0.2, 0) is 0 Å². The summed E-state index contributed by atoms with van der Waals surface area (Å²) in [7, 11) is 0. The molecule has 1 amide bonds. The van der Waals surface area contributed by atoms with E-state index in [1.54, 1.807) is 18.2 Å². The van der Waals surface area contributed by atoms with Gasteiger partial charge in [0.25, 0.3) is 5.91 Å². The van der Waals surface area contributed by atoms with Crippen molar-refractivity contribution < 1.29 is 9.90 Å². The van der Waals surface area contributed by atoms with Crippen LogP contribution >= 0.6 is 23.1 Å². The molecule has 0 fully saturated rings. The van der Waals surface area contributed by atoms with Crippen molar-refractivity contribution in [2.24, 2.45) is 0 Å². The molecular formula is C10H9N3O2S2. The number of nitrogens with zero attached hydrogens (tertiary/aromatic N) is 2. The van der Waals surface area contributed by atoms with E-state index in [9.17, 15) is 9.90 Å². The first-order valence-electron chi connectivity index (χ1n) is 4.67. The number of phenolic OH excluding ortho intramolecular Hbond substituents is 1. The standard InChI is InChI=1S/C10H9N3O2S2/c1-16-10-13-12-9(17-10)11-8(15)6-4-2-3-5-7(6)14/h2-5,14H,1H3,(H,11,12,15). The average Bonchev–Trinajstić information content (AvgIpc) is 2.77. The molecule has 1 aromatic carbocycles. The number of aromatic nitrogens is 2. The summed E-state index contributed by atoms with van der Waals surface area (Å²) in [5, 5.41) is 20.2. The normalized spacial score (nSPS) is 10.2. The first-order valence-corrected chi connectivity index (χ1v) is 6.71. The number of anilines is 1. The van der Waals surface area contributed by atoms with Gasteiger partial charge in [-0.1, -0.05) is 35.2 Å². The quantitative estimate of drug-likeness (QED) is 0.659. The van der Waals surface area contributed by atoms with E-state index >= 15 is 0 Å². The summed E-state index contributed by atoms with van der Waals surface area (Å²) in [5.74, 6) is -0.452. The van der Waals surface area contributed by atoms with Gasteiger partial charge in [0, 0.05) is 0 Å². The second kappa shape index (κ2) is 5.15. The molecule has 1 aromatic heterocycles. The van der Waals surface area contributed by atoms with E-state index in [-0.39, 0.29) is 11.3 Å². The van der Waals surface area contributed by atoms with Gasteiger partial charge in [0.2, 0.25) is 5.13 Å². The summed E-state index contributed by atoms with van der Waals surface area (Å²) in [6.45, 7) is 0. The first-order chi connectivity index (χ1) is 8.20. The van der Waals surface area contributed by atoms with Gasteiger partial charge in [-0.3, -0.25) is 10.1 Å². The van der Waals surface area contributed by atoms with Crippen molar-refractivity contribution in [3.63, 3.8) is 0 Å². The lowest BCUT2D eigenvalue weighted by atomic mass is 10.2. The number of carbonyl (C=O) groups excluding carboxylic acids is 1. The number of carbonyl (C=O) groups is 1. The summed E-state index contributed by atoms with van der Waals surface area (Å²) in [4.78, 5) is 11.8. The number of thioether (sulfide) groups is 1.